The molecule has 3 unspecified atom stereocenters. The number of hydrogen-bond donors (Lipinski definition) is 0. The Morgan fingerprint density at radius 1 is 1.33 bits per heavy atom. The Balaban J connectivity index is 1.93. The van der Waals surface area contributed by atoms with Crippen LogP contribution < -0.4 is 0 Å². The zero-order valence-electron chi connectivity index (χ0n) is 5.55. The van der Waals surface area contributed by atoms with E-state index in [1.54, 1.807) is 0 Å². The largest absolute Gasteiger partial charge is 0.153 e. The van der Waals surface area contributed by atoms with Gasteiger partial charge in [-0.2, -0.15) is 11.8 Å². The summed E-state index contributed by atoms with van der Waals surface area (Å²) in [6.45, 7) is 3.83. The second-order valence-electron chi connectivity index (χ2n) is 3.02. The first kappa shape index (κ1) is 5.84. The van der Waals surface area contributed by atoms with E-state index in [-0.39, 0.29) is 0 Å². The molecule has 2 fully saturated rings. The normalized spacial score (nSPS) is 47.8. The molecule has 0 N–H and O–H groups in total. The fourth-order valence-corrected chi connectivity index (χ4v) is 2.89. The first-order valence-electron chi connectivity index (χ1n) is 3.68. The Morgan fingerprint density at radius 2 is 2.22 bits per heavy atom. The van der Waals surface area contributed by atoms with Crippen LogP contribution >= 0.6 is 11.8 Å². The molecule has 0 nitrogen and oxygen atoms in total. The summed E-state index contributed by atoms with van der Waals surface area (Å²) in [4.78, 5) is 0. The SMILES string of the molecule is C=CC1CCC2SC2C1. The van der Waals surface area contributed by atoms with Crippen molar-refractivity contribution in [3.05, 3.63) is 12.7 Å². The third kappa shape index (κ3) is 1.03. The molecule has 0 bridgehead atoms. The van der Waals surface area contributed by atoms with Gasteiger partial charge < -0.3 is 0 Å². The van der Waals surface area contributed by atoms with Crippen molar-refractivity contribution in [2.75, 3.05) is 0 Å². The molecule has 0 radical (unpaired) electrons. The summed E-state index contributed by atoms with van der Waals surface area (Å²) in [6, 6.07) is 0. The van der Waals surface area contributed by atoms with Crippen molar-refractivity contribution >= 4 is 11.8 Å². The molecule has 0 amide bonds. The maximum atomic E-state index is 3.83. The Morgan fingerprint density at radius 3 is 2.89 bits per heavy atom. The van der Waals surface area contributed by atoms with E-state index in [4.69, 9.17) is 0 Å². The van der Waals surface area contributed by atoms with Crippen LogP contribution in [0.3, 0.4) is 0 Å². The topological polar surface area (TPSA) is 0 Å². The molecule has 1 saturated heterocycles. The van der Waals surface area contributed by atoms with Gasteiger partial charge in [0.1, 0.15) is 0 Å². The molecule has 50 valence electrons. The van der Waals surface area contributed by atoms with Crippen LogP contribution in [0.5, 0.6) is 0 Å². The monoisotopic (exact) mass is 140 g/mol. The second kappa shape index (κ2) is 2.05. The zero-order valence-corrected chi connectivity index (χ0v) is 6.36. The van der Waals surface area contributed by atoms with Crippen molar-refractivity contribution < 1.29 is 0 Å². The highest BCUT2D eigenvalue weighted by Gasteiger charge is 2.42. The molecule has 1 aliphatic carbocycles. The average molecular weight is 140 g/mol. The second-order valence-corrected chi connectivity index (χ2v) is 4.50. The highest BCUT2D eigenvalue weighted by molar-refractivity contribution is 8.07. The summed E-state index contributed by atoms with van der Waals surface area (Å²) in [6.07, 6.45) is 6.40. The molecule has 9 heavy (non-hydrogen) atoms. The first-order valence-corrected chi connectivity index (χ1v) is 4.62. The third-order valence-corrected chi connectivity index (χ3v) is 3.85. The lowest BCUT2D eigenvalue weighted by atomic mass is 9.90. The van der Waals surface area contributed by atoms with Crippen molar-refractivity contribution in [2.45, 2.75) is 29.8 Å². The Hall–Kier alpha value is 0.0900. The van der Waals surface area contributed by atoms with E-state index < -0.39 is 0 Å². The van der Waals surface area contributed by atoms with E-state index in [0.717, 1.165) is 16.4 Å². The Bertz CT molecular complexity index is 131. The maximum Gasteiger partial charge on any atom is 0.0175 e. The van der Waals surface area contributed by atoms with Gasteiger partial charge in [-0.05, 0) is 25.2 Å². The molecule has 0 aromatic rings. The zero-order chi connectivity index (χ0) is 6.27. The first-order chi connectivity index (χ1) is 4.40. The van der Waals surface area contributed by atoms with Gasteiger partial charge in [0.05, 0.1) is 0 Å². The van der Waals surface area contributed by atoms with Gasteiger partial charge in [0.15, 0.2) is 0 Å². The molecule has 0 aromatic carbocycles. The molecule has 1 saturated carbocycles. The molecular formula is C8H12S. The molecule has 1 heteroatoms. The molecule has 2 rings (SSSR count). The van der Waals surface area contributed by atoms with Gasteiger partial charge in [-0.15, -0.1) is 6.58 Å². The number of allylic oxidation sites excluding steroid dienone is 1. The number of hydrogen-bond acceptors (Lipinski definition) is 1. The van der Waals surface area contributed by atoms with Crippen LogP contribution in [-0.2, 0) is 0 Å². The quantitative estimate of drug-likeness (QED) is 0.398. The minimum Gasteiger partial charge on any atom is -0.153 e. The summed E-state index contributed by atoms with van der Waals surface area (Å²) >= 11 is 2.17. The fraction of sp³-hybridized carbons (Fsp3) is 0.750. The van der Waals surface area contributed by atoms with Gasteiger partial charge in [0.25, 0.3) is 0 Å². The fourth-order valence-electron chi connectivity index (χ4n) is 1.65. The summed E-state index contributed by atoms with van der Waals surface area (Å²) in [5.74, 6) is 0.848. The van der Waals surface area contributed by atoms with E-state index in [2.05, 4.69) is 24.4 Å². The molecule has 0 spiro atoms. The van der Waals surface area contributed by atoms with Gasteiger partial charge in [0, 0.05) is 10.5 Å². The van der Waals surface area contributed by atoms with Crippen LogP contribution in [0.2, 0.25) is 0 Å². The van der Waals surface area contributed by atoms with E-state index >= 15 is 0 Å². The standard InChI is InChI=1S/C8H12S/c1-2-6-3-4-7-8(5-6)9-7/h2,6-8H,1,3-5H2. The van der Waals surface area contributed by atoms with E-state index in [1.807, 2.05) is 0 Å². The van der Waals surface area contributed by atoms with Crippen molar-refractivity contribution in [3.8, 4) is 0 Å². The van der Waals surface area contributed by atoms with Gasteiger partial charge in [-0.3, -0.25) is 0 Å². The van der Waals surface area contributed by atoms with Gasteiger partial charge >= 0.3 is 0 Å². The highest BCUT2D eigenvalue weighted by Crippen LogP contribution is 2.52. The van der Waals surface area contributed by atoms with Gasteiger partial charge in [-0.25, -0.2) is 0 Å². The molecular weight excluding hydrogens is 128 g/mol. The van der Waals surface area contributed by atoms with E-state index in [0.29, 0.717) is 0 Å². The third-order valence-electron chi connectivity index (χ3n) is 2.38. The predicted molar refractivity (Wildman–Crippen MR) is 42.7 cm³/mol. The molecule has 3 atom stereocenters. The van der Waals surface area contributed by atoms with Crippen molar-refractivity contribution in [3.63, 3.8) is 0 Å². The minimum absolute atomic E-state index is 0.848. The van der Waals surface area contributed by atoms with Crippen LogP contribution in [-0.4, -0.2) is 10.5 Å². The smallest absolute Gasteiger partial charge is 0.0175 e. The molecule has 1 aliphatic heterocycles. The lowest BCUT2D eigenvalue weighted by Gasteiger charge is -2.14. The molecule has 1 heterocycles. The van der Waals surface area contributed by atoms with Crippen LogP contribution in [0.4, 0.5) is 0 Å². The van der Waals surface area contributed by atoms with E-state index in [9.17, 15) is 0 Å². The highest BCUT2D eigenvalue weighted by atomic mass is 32.2. The average Bonchev–Trinajstić information content (AvgIpc) is 2.64. The summed E-state index contributed by atoms with van der Waals surface area (Å²) in [5.41, 5.74) is 0. The predicted octanol–water partition coefficient (Wildman–Crippen LogP) is 2.46. The van der Waals surface area contributed by atoms with Crippen LogP contribution in [0.15, 0.2) is 12.7 Å². The molecule has 2 aliphatic rings. The lowest BCUT2D eigenvalue weighted by Crippen LogP contribution is -2.10. The van der Waals surface area contributed by atoms with Gasteiger partial charge in [-0.1, -0.05) is 6.08 Å². The minimum atomic E-state index is 0.848. The van der Waals surface area contributed by atoms with Crippen LogP contribution in [0.25, 0.3) is 0 Å². The number of thioether (sulfide) groups is 1. The van der Waals surface area contributed by atoms with Crippen LogP contribution in [0, 0.1) is 5.92 Å². The van der Waals surface area contributed by atoms with Crippen molar-refractivity contribution in [1.82, 2.24) is 0 Å². The van der Waals surface area contributed by atoms with Gasteiger partial charge in [0.2, 0.25) is 0 Å². The summed E-state index contributed by atoms with van der Waals surface area (Å²) < 4.78 is 0. The molecule has 0 aromatic heterocycles. The number of fused-ring (bicyclic) bond motifs is 1. The Labute approximate surface area is 60.7 Å². The van der Waals surface area contributed by atoms with E-state index in [1.165, 1.54) is 19.3 Å². The maximum absolute atomic E-state index is 3.83. The van der Waals surface area contributed by atoms with Crippen molar-refractivity contribution in [2.24, 2.45) is 5.92 Å². The number of rotatable bonds is 1. The summed E-state index contributed by atoms with van der Waals surface area (Å²) in [5, 5.41) is 2.09. The van der Waals surface area contributed by atoms with Crippen LogP contribution in [0.1, 0.15) is 19.3 Å². The van der Waals surface area contributed by atoms with Crippen molar-refractivity contribution in [1.29, 1.82) is 0 Å². The Kier molecular flexibility index (Phi) is 1.33. The lowest BCUT2D eigenvalue weighted by molar-refractivity contribution is 0.470. The summed E-state index contributed by atoms with van der Waals surface area (Å²) in [7, 11) is 0.